The van der Waals surface area contributed by atoms with Crippen LogP contribution in [0.4, 0.5) is 0 Å². The molecule has 96 valence electrons. The minimum Gasteiger partial charge on any atom is -0.491 e. The second kappa shape index (κ2) is 5.74. The van der Waals surface area contributed by atoms with Crippen LogP contribution in [0.1, 0.15) is 31.9 Å². The Morgan fingerprint density at radius 1 is 1.61 bits per heavy atom. The minimum atomic E-state index is -0.446. The van der Waals surface area contributed by atoms with E-state index in [1.807, 2.05) is 24.3 Å². The molecule has 0 spiro atoms. The normalized spacial score (nSPS) is 18.6. The van der Waals surface area contributed by atoms with Gasteiger partial charge in [-0.1, -0.05) is 6.92 Å². The van der Waals surface area contributed by atoms with Crippen LogP contribution in [0.3, 0.4) is 0 Å². The molecular formula is C14H18N2O2. The van der Waals surface area contributed by atoms with Crippen molar-refractivity contribution in [1.29, 1.82) is 5.26 Å². The molecule has 1 heterocycles. The first-order chi connectivity index (χ1) is 8.74. The predicted octanol–water partition coefficient (Wildman–Crippen LogP) is 2.41. The highest BCUT2D eigenvalue weighted by Crippen LogP contribution is 2.35. The molecule has 2 atom stereocenters. The molecule has 18 heavy (non-hydrogen) atoms. The van der Waals surface area contributed by atoms with Crippen LogP contribution in [0.15, 0.2) is 18.2 Å². The van der Waals surface area contributed by atoms with Crippen LogP contribution in [0, 0.1) is 11.3 Å². The summed E-state index contributed by atoms with van der Waals surface area (Å²) in [5.41, 5.74) is 1.17. The summed E-state index contributed by atoms with van der Waals surface area (Å²) in [5.74, 6) is 1.53. The van der Waals surface area contributed by atoms with Gasteiger partial charge in [0.15, 0.2) is 6.10 Å². The molecule has 0 saturated heterocycles. The Balaban J connectivity index is 2.08. The van der Waals surface area contributed by atoms with Crippen molar-refractivity contribution in [3.05, 3.63) is 23.8 Å². The van der Waals surface area contributed by atoms with Crippen molar-refractivity contribution in [1.82, 2.24) is 5.32 Å². The second-order valence-electron chi connectivity index (χ2n) is 4.41. The molecule has 1 aliphatic rings. The third-order valence-corrected chi connectivity index (χ3v) is 2.90. The molecule has 0 aliphatic carbocycles. The molecule has 0 saturated carbocycles. The molecule has 0 fully saturated rings. The smallest absolute Gasteiger partial charge is 0.181 e. The Bertz CT molecular complexity index is 454. The van der Waals surface area contributed by atoms with Gasteiger partial charge in [-0.05, 0) is 32.0 Å². The van der Waals surface area contributed by atoms with Crippen LogP contribution in [0.25, 0.3) is 0 Å². The first-order valence-corrected chi connectivity index (χ1v) is 6.31. The number of ether oxygens (including phenoxy) is 2. The molecule has 0 amide bonds. The van der Waals surface area contributed by atoms with E-state index in [-0.39, 0.29) is 6.04 Å². The first-order valence-electron chi connectivity index (χ1n) is 6.31. The van der Waals surface area contributed by atoms with Gasteiger partial charge in [0, 0.05) is 11.6 Å². The van der Waals surface area contributed by atoms with E-state index in [0.717, 1.165) is 18.7 Å². The summed E-state index contributed by atoms with van der Waals surface area (Å²) in [7, 11) is 0. The Kier molecular flexibility index (Phi) is 4.06. The fourth-order valence-electron chi connectivity index (χ4n) is 1.98. The zero-order valence-electron chi connectivity index (χ0n) is 10.8. The number of nitrogens with one attached hydrogen (secondary N) is 1. The summed E-state index contributed by atoms with van der Waals surface area (Å²) in [6.45, 7) is 5.51. The Morgan fingerprint density at radius 2 is 2.44 bits per heavy atom. The maximum Gasteiger partial charge on any atom is 0.181 e. The standard InChI is InChI=1S/C14H18N2O2/c1-3-6-16-13-9-17-14-7-11(4-5-12(13)14)18-10(2)8-15/h4-5,7,10,13,16H,3,6,9H2,1-2H3. The van der Waals surface area contributed by atoms with Crippen molar-refractivity contribution in [2.24, 2.45) is 0 Å². The number of nitrogens with zero attached hydrogens (tertiary/aromatic N) is 1. The fraction of sp³-hybridized carbons (Fsp3) is 0.500. The Hall–Kier alpha value is -1.73. The van der Waals surface area contributed by atoms with E-state index in [0.29, 0.717) is 12.4 Å². The summed E-state index contributed by atoms with van der Waals surface area (Å²) in [5, 5.41) is 12.2. The zero-order valence-corrected chi connectivity index (χ0v) is 10.8. The third kappa shape index (κ3) is 2.74. The van der Waals surface area contributed by atoms with E-state index < -0.39 is 6.10 Å². The third-order valence-electron chi connectivity index (χ3n) is 2.90. The topological polar surface area (TPSA) is 54.3 Å². The molecule has 0 radical (unpaired) electrons. The number of hydrogen-bond donors (Lipinski definition) is 1. The SMILES string of the molecule is CCCNC1COc2cc(OC(C)C#N)ccc21. The Labute approximate surface area is 108 Å². The molecule has 1 N–H and O–H groups in total. The lowest BCUT2D eigenvalue weighted by molar-refractivity contribution is 0.273. The first kappa shape index (κ1) is 12.7. The van der Waals surface area contributed by atoms with Gasteiger partial charge >= 0.3 is 0 Å². The molecule has 4 nitrogen and oxygen atoms in total. The second-order valence-corrected chi connectivity index (χ2v) is 4.41. The van der Waals surface area contributed by atoms with Gasteiger partial charge in [0.1, 0.15) is 24.2 Å². The molecule has 0 bridgehead atoms. The van der Waals surface area contributed by atoms with E-state index in [1.54, 1.807) is 6.92 Å². The summed E-state index contributed by atoms with van der Waals surface area (Å²) >= 11 is 0. The molecule has 4 heteroatoms. The van der Waals surface area contributed by atoms with Crippen molar-refractivity contribution in [2.75, 3.05) is 13.2 Å². The molecule has 0 aromatic heterocycles. The van der Waals surface area contributed by atoms with Gasteiger partial charge in [-0.25, -0.2) is 0 Å². The average molecular weight is 246 g/mol. The van der Waals surface area contributed by atoms with E-state index in [9.17, 15) is 0 Å². The molecule has 2 unspecified atom stereocenters. The van der Waals surface area contributed by atoms with E-state index >= 15 is 0 Å². The van der Waals surface area contributed by atoms with E-state index in [2.05, 4.69) is 12.2 Å². The highest BCUT2D eigenvalue weighted by atomic mass is 16.5. The van der Waals surface area contributed by atoms with Gasteiger partial charge in [0.05, 0.1) is 6.04 Å². The minimum absolute atomic E-state index is 0.266. The van der Waals surface area contributed by atoms with Crippen molar-refractivity contribution < 1.29 is 9.47 Å². The van der Waals surface area contributed by atoms with Crippen LogP contribution < -0.4 is 14.8 Å². The van der Waals surface area contributed by atoms with Crippen molar-refractivity contribution in [2.45, 2.75) is 32.4 Å². The fourth-order valence-corrected chi connectivity index (χ4v) is 1.98. The number of nitriles is 1. The monoisotopic (exact) mass is 246 g/mol. The highest BCUT2D eigenvalue weighted by Gasteiger charge is 2.23. The molecular weight excluding hydrogens is 228 g/mol. The summed E-state index contributed by atoms with van der Waals surface area (Å²) in [6.07, 6.45) is 0.658. The number of fused-ring (bicyclic) bond motifs is 1. The lowest BCUT2D eigenvalue weighted by Gasteiger charge is -2.11. The van der Waals surface area contributed by atoms with Gasteiger partial charge < -0.3 is 14.8 Å². The van der Waals surface area contributed by atoms with Crippen LogP contribution in [0.2, 0.25) is 0 Å². The molecule has 1 aromatic rings. The van der Waals surface area contributed by atoms with Gasteiger partial charge in [-0.3, -0.25) is 0 Å². The average Bonchev–Trinajstić information content (AvgIpc) is 2.78. The van der Waals surface area contributed by atoms with Crippen molar-refractivity contribution in [3.63, 3.8) is 0 Å². The van der Waals surface area contributed by atoms with E-state index in [4.69, 9.17) is 14.7 Å². The number of benzene rings is 1. The molecule has 1 aromatic carbocycles. The largest absolute Gasteiger partial charge is 0.491 e. The van der Waals surface area contributed by atoms with Crippen LogP contribution in [-0.4, -0.2) is 19.3 Å². The van der Waals surface area contributed by atoms with Gasteiger partial charge in [0.25, 0.3) is 0 Å². The van der Waals surface area contributed by atoms with Crippen molar-refractivity contribution >= 4 is 0 Å². The van der Waals surface area contributed by atoms with Gasteiger partial charge in [-0.15, -0.1) is 0 Å². The lowest BCUT2D eigenvalue weighted by Crippen LogP contribution is -2.22. The maximum atomic E-state index is 8.71. The highest BCUT2D eigenvalue weighted by molar-refractivity contribution is 5.45. The predicted molar refractivity (Wildman–Crippen MR) is 68.7 cm³/mol. The van der Waals surface area contributed by atoms with Crippen LogP contribution in [-0.2, 0) is 0 Å². The summed E-state index contributed by atoms with van der Waals surface area (Å²) in [6, 6.07) is 8.07. The summed E-state index contributed by atoms with van der Waals surface area (Å²) in [4.78, 5) is 0. The van der Waals surface area contributed by atoms with Gasteiger partial charge in [0.2, 0.25) is 0 Å². The molecule has 1 aliphatic heterocycles. The van der Waals surface area contributed by atoms with E-state index in [1.165, 1.54) is 5.56 Å². The number of rotatable bonds is 5. The zero-order chi connectivity index (χ0) is 13.0. The Morgan fingerprint density at radius 3 is 3.17 bits per heavy atom. The number of hydrogen-bond acceptors (Lipinski definition) is 4. The van der Waals surface area contributed by atoms with Gasteiger partial charge in [-0.2, -0.15) is 5.26 Å². The maximum absolute atomic E-state index is 8.71. The van der Waals surface area contributed by atoms with Crippen LogP contribution in [0.5, 0.6) is 11.5 Å². The summed E-state index contributed by atoms with van der Waals surface area (Å²) < 4.78 is 11.1. The van der Waals surface area contributed by atoms with Crippen LogP contribution >= 0.6 is 0 Å². The molecule has 2 rings (SSSR count). The van der Waals surface area contributed by atoms with Crippen molar-refractivity contribution in [3.8, 4) is 17.6 Å². The quantitative estimate of drug-likeness (QED) is 0.866. The lowest BCUT2D eigenvalue weighted by atomic mass is 10.1.